The smallest absolute Gasteiger partial charge is 0.252 e. The molecule has 1 amide bonds. The van der Waals surface area contributed by atoms with E-state index in [-0.39, 0.29) is 36.4 Å². The van der Waals surface area contributed by atoms with Crippen molar-refractivity contribution in [2.75, 3.05) is 13.2 Å². The van der Waals surface area contributed by atoms with Gasteiger partial charge in [-0.25, -0.2) is 8.78 Å². The van der Waals surface area contributed by atoms with E-state index >= 15 is 4.39 Å². The lowest BCUT2D eigenvalue weighted by Crippen LogP contribution is -2.38. The predicted molar refractivity (Wildman–Crippen MR) is 128 cm³/mol. The summed E-state index contributed by atoms with van der Waals surface area (Å²) in [6, 6.07) is 15.6. The number of aromatic nitrogens is 1. The number of hydrogen-bond acceptors (Lipinski definition) is 4. The number of halogens is 3. The van der Waals surface area contributed by atoms with Crippen molar-refractivity contribution >= 4 is 28.8 Å². The highest BCUT2D eigenvalue weighted by molar-refractivity contribution is 6.30. The third-order valence-electron chi connectivity index (χ3n) is 5.55. The van der Waals surface area contributed by atoms with Crippen molar-refractivity contribution in [1.29, 1.82) is 0 Å². The Morgan fingerprint density at radius 3 is 2.59 bits per heavy atom. The lowest BCUT2D eigenvalue weighted by molar-refractivity contribution is 0.0929. The quantitative estimate of drug-likeness (QED) is 0.486. The van der Waals surface area contributed by atoms with Crippen molar-refractivity contribution in [2.45, 2.75) is 18.9 Å². The summed E-state index contributed by atoms with van der Waals surface area (Å²) in [7, 11) is 0. The molecule has 0 bridgehead atoms. The number of aliphatic hydroxyl groups is 1. The molecule has 174 valence electrons. The van der Waals surface area contributed by atoms with E-state index in [9.17, 15) is 14.3 Å². The van der Waals surface area contributed by atoms with Crippen LogP contribution in [-0.4, -0.2) is 40.9 Å². The first-order valence-electron chi connectivity index (χ1n) is 10.8. The summed E-state index contributed by atoms with van der Waals surface area (Å²) >= 11 is 5.92. The van der Waals surface area contributed by atoms with E-state index in [1.54, 1.807) is 36.5 Å². The van der Waals surface area contributed by atoms with Gasteiger partial charge in [-0.15, -0.1) is 0 Å². The topological polar surface area (TPSA) is 74.6 Å². The molecule has 4 rings (SSSR count). The van der Waals surface area contributed by atoms with E-state index in [4.69, 9.17) is 11.6 Å². The fourth-order valence-electron chi connectivity index (χ4n) is 3.87. The number of hydrogen-bond donors (Lipinski definition) is 2. The van der Waals surface area contributed by atoms with Crippen molar-refractivity contribution in [2.24, 2.45) is 4.99 Å². The fraction of sp³-hybridized carbons (Fsp3) is 0.192. The molecule has 5 nitrogen and oxygen atoms in total. The molecule has 8 heteroatoms. The van der Waals surface area contributed by atoms with Gasteiger partial charge in [0, 0.05) is 41.6 Å². The van der Waals surface area contributed by atoms with Gasteiger partial charge in [0.15, 0.2) is 5.83 Å². The van der Waals surface area contributed by atoms with E-state index in [0.29, 0.717) is 22.6 Å². The molecule has 1 aromatic heterocycles. The van der Waals surface area contributed by atoms with Crippen LogP contribution in [0.25, 0.3) is 5.57 Å². The Morgan fingerprint density at radius 1 is 1.09 bits per heavy atom. The second-order valence-corrected chi connectivity index (χ2v) is 8.27. The average Bonchev–Trinajstić information content (AvgIpc) is 3.21. The summed E-state index contributed by atoms with van der Waals surface area (Å²) in [6.45, 7) is -0.132. The number of carbonyl (C=O) groups is 1. The molecule has 2 heterocycles. The number of aliphatic hydroxyl groups excluding tert-OH is 1. The Bertz CT molecular complexity index is 1240. The van der Waals surface area contributed by atoms with E-state index < -0.39 is 23.6 Å². The highest BCUT2D eigenvalue weighted by Gasteiger charge is 2.29. The number of nitrogens with one attached hydrogen (secondary N) is 1. The van der Waals surface area contributed by atoms with Crippen LogP contribution < -0.4 is 5.32 Å². The van der Waals surface area contributed by atoms with Crippen LogP contribution in [0, 0.1) is 5.82 Å². The minimum absolute atomic E-state index is 0.0189. The van der Waals surface area contributed by atoms with E-state index in [2.05, 4.69) is 15.3 Å². The molecule has 0 aliphatic carbocycles. The molecule has 1 aliphatic rings. The summed E-state index contributed by atoms with van der Waals surface area (Å²) in [5.74, 6) is -2.01. The molecule has 34 heavy (non-hydrogen) atoms. The first kappa shape index (κ1) is 23.7. The largest absolute Gasteiger partial charge is 0.396 e. The van der Waals surface area contributed by atoms with Crippen LogP contribution in [0.2, 0.25) is 5.02 Å². The van der Waals surface area contributed by atoms with Crippen LogP contribution in [0.15, 0.2) is 77.7 Å². The molecule has 2 N–H and O–H groups in total. The second-order valence-electron chi connectivity index (χ2n) is 7.83. The number of aliphatic imine (C=N–C) groups is 1. The molecule has 0 radical (unpaired) electrons. The Hall–Kier alpha value is -3.42. The van der Waals surface area contributed by atoms with Gasteiger partial charge >= 0.3 is 0 Å². The SMILES string of the molecule is O=C(N[C@@H](CCO)Cc1ccccn1)c1cccc(F)c1C1=NCC(c2ccc(Cl)cc2)=C1F. The predicted octanol–water partition coefficient (Wildman–Crippen LogP) is 4.78. The summed E-state index contributed by atoms with van der Waals surface area (Å²) < 4.78 is 30.3. The first-order chi connectivity index (χ1) is 16.5. The monoisotopic (exact) mass is 481 g/mol. The van der Waals surface area contributed by atoms with Gasteiger partial charge in [0.25, 0.3) is 5.91 Å². The molecular weight excluding hydrogens is 460 g/mol. The Balaban J connectivity index is 1.62. The van der Waals surface area contributed by atoms with E-state index in [1.807, 2.05) is 12.1 Å². The number of nitrogens with zero attached hydrogens (tertiary/aromatic N) is 2. The number of amides is 1. The molecule has 1 atom stereocenters. The number of allylic oxidation sites excluding steroid dienone is 1. The Morgan fingerprint density at radius 2 is 1.88 bits per heavy atom. The second kappa shape index (κ2) is 10.7. The van der Waals surface area contributed by atoms with E-state index in [0.717, 1.165) is 5.69 Å². The van der Waals surface area contributed by atoms with Crippen LogP contribution in [0.1, 0.15) is 33.6 Å². The van der Waals surface area contributed by atoms with Gasteiger partial charge in [-0.3, -0.25) is 14.8 Å². The van der Waals surface area contributed by atoms with Gasteiger partial charge in [-0.2, -0.15) is 0 Å². The van der Waals surface area contributed by atoms with Crippen molar-refractivity contribution in [3.8, 4) is 0 Å². The van der Waals surface area contributed by atoms with Crippen molar-refractivity contribution in [1.82, 2.24) is 10.3 Å². The van der Waals surface area contributed by atoms with Gasteiger partial charge in [0.1, 0.15) is 11.5 Å². The maximum Gasteiger partial charge on any atom is 0.252 e. The third kappa shape index (κ3) is 5.21. The van der Waals surface area contributed by atoms with Crippen LogP contribution in [0.5, 0.6) is 0 Å². The fourth-order valence-corrected chi connectivity index (χ4v) is 3.99. The molecule has 0 unspecified atom stereocenters. The van der Waals surface area contributed by atoms with E-state index in [1.165, 1.54) is 18.2 Å². The summed E-state index contributed by atoms with van der Waals surface area (Å²) in [4.78, 5) is 21.6. The third-order valence-corrected chi connectivity index (χ3v) is 5.80. The number of rotatable bonds is 8. The van der Waals surface area contributed by atoms with Crippen molar-refractivity contribution in [3.63, 3.8) is 0 Å². The molecule has 0 saturated carbocycles. The molecule has 0 spiro atoms. The van der Waals surface area contributed by atoms with Crippen LogP contribution in [0.4, 0.5) is 8.78 Å². The maximum absolute atomic E-state index is 15.4. The van der Waals surface area contributed by atoms with Crippen LogP contribution >= 0.6 is 11.6 Å². The molecular formula is C26H22ClF2N3O2. The van der Waals surface area contributed by atoms with Gasteiger partial charge in [0.2, 0.25) is 0 Å². The molecule has 1 aliphatic heterocycles. The molecule has 2 aromatic carbocycles. The van der Waals surface area contributed by atoms with Gasteiger partial charge in [0.05, 0.1) is 17.7 Å². The summed E-state index contributed by atoms with van der Waals surface area (Å²) in [5.41, 5.74) is 1.20. The van der Waals surface area contributed by atoms with Gasteiger partial charge in [-0.1, -0.05) is 35.9 Å². The van der Waals surface area contributed by atoms with Crippen molar-refractivity contribution < 1.29 is 18.7 Å². The zero-order chi connectivity index (χ0) is 24.1. The first-order valence-corrected chi connectivity index (χ1v) is 11.2. The Kier molecular flexibility index (Phi) is 7.45. The minimum atomic E-state index is -0.748. The van der Waals surface area contributed by atoms with Gasteiger partial charge in [-0.05, 0) is 48.4 Å². The van der Waals surface area contributed by atoms with Crippen LogP contribution in [0.3, 0.4) is 0 Å². The standard InChI is InChI=1S/C26H22ClF2N3O2/c27-17-9-7-16(8-10-17)21-15-31-25(24(21)29)23-20(5-3-6-22(23)28)26(34)32-19(11-13-33)14-18-4-1-2-12-30-18/h1-10,12,19,33H,11,13-15H2,(H,32,34)/t19-/m0/s1. The van der Waals surface area contributed by atoms with Crippen molar-refractivity contribution in [3.05, 3.63) is 106 Å². The number of pyridine rings is 1. The number of carbonyl (C=O) groups excluding carboxylic acids is 1. The molecule has 0 fully saturated rings. The summed E-state index contributed by atoms with van der Waals surface area (Å²) in [5, 5.41) is 12.8. The highest BCUT2D eigenvalue weighted by Crippen LogP contribution is 2.31. The molecule has 0 saturated heterocycles. The Labute approximate surface area is 200 Å². The van der Waals surface area contributed by atoms with Gasteiger partial charge < -0.3 is 10.4 Å². The highest BCUT2D eigenvalue weighted by atomic mass is 35.5. The lowest BCUT2D eigenvalue weighted by atomic mass is 9.98. The lowest BCUT2D eigenvalue weighted by Gasteiger charge is -2.19. The van der Waals surface area contributed by atoms with Crippen LogP contribution in [-0.2, 0) is 6.42 Å². The number of benzene rings is 2. The zero-order valence-corrected chi connectivity index (χ0v) is 18.9. The zero-order valence-electron chi connectivity index (χ0n) is 18.1. The average molecular weight is 482 g/mol. The summed E-state index contributed by atoms with van der Waals surface area (Å²) in [6.07, 6.45) is 2.31. The minimum Gasteiger partial charge on any atom is -0.396 e. The maximum atomic E-state index is 15.4. The molecule has 3 aromatic rings. The normalized spacial score (nSPS) is 14.2.